The number of aryl methyl sites for hydroxylation is 1. The summed E-state index contributed by atoms with van der Waals surface area (Å²) in [6, 6.07) is 11.3. The number of nitrogens with zero attached hydrogens (tertiary/aromatic N) is 8. The highest BCUT2D eigenvalue weighted by Crippen LogP contribution is 2.23. The van der Waals surface area contributed by atoms with Crippen LogP contribution < -0.4 is 4.90 Å². The fourth-order valence-corrected chi connectivity index (χ4v) is 3.42. The molecule has 0 saturated carbocycles. The number of piperazine rings is 1. The van der Waals surface area contributed by atoms with Crippen molar-refractivity contribution in [3.05, 3.63) is 72.0 Å². The zero-order chi connectivity index (χ0) is 25.9. The number of rotatable bonds is 5. The molecule has 0 aliphatic carbocycles. The maximum atomic E-state index is 12.4. The van der Waals surface area contributed by atoms with Crippen molar-refractivity contribution in [2.24, 2.45) is 0 Å². The van der Waals surface area contributed by atoms with E-state index in [0.29, 0.717) is 19.3 Å². The maximum Gasteiger partial charge on any atom is 0.314 e. The number of pyridine rings is 1. The Bertz CT molecular complexity index is 1160. The highest BCUT2D eigenvalue weighted by Gasteiger charge is 2.17. The fourth-order valence-electron chi connectivity index (χ4n) is 3.42. The van der Waals surface area contributed by atoms with Crippen LogP contribution in [0, 0.1) is 6.92 Å². The van der Waals surface area contributed by atoms with Crippen LogP contribution in [0.2, 0.25) is 0 Å². The number of hydrogen-bond acceptors (Lipinski definition) is 8. The summed E-state index contributed by atoms with van der Waals surface area (Å²) in [6.45, 7) is 7.14. The molecule has 0 N–H and O–H groups in total. The van der Waals surface area contributed by atoms with E-state index in [0.717, 1.165) is 37.6 Å². The van der Waals surface area contributed by atoms with Crippen molar-refractivity contribution in [1.29, 1.82) is 0 Å². The molecule has 12 heteroatoms. The van der Waals surface area contributed by atoms with Crippen molar-refractivity contribution in [3.8, 4) is 11.5 Å². The molecule has 3 aromatic heterocycles. The Morgan fingerprint density at radius 1 is 0.972 bits per heavy atom. The van der Waals surface area contributed by atoms with E-state index in [9.17, 15) is 13.2 Å². The summed E-state index contributed by atoms with van der Waals surface area (Å²) >= 11 is 0. The first kappa shape index (κ1) is 26.8. The molecule has 192 valence electrons. The molecule has 4 aromatic rings. The molecule has 0 unspecified atom stereocenters. The van der Waals surface area contributed by atoms with Gasteiger partial charge in [0.2, 0.25) is 5.89 Å². The second kappa shape index (κ2) is 13.3. The first-order valence-electron chi connectivity index (χ1n) is 11.3. The SMILES string of the molecule is CF.Cc1ccnc(N2CCN(C)CC2)c1.FC(F)c1nnc(-c2ccc(Cn3ccnn3)cc2)o1. The summed E-state index contributed by atoms with van der Waals surface area (Å²) in [6.07, 6.45) is 2.48. The molecule has 0 bridgehead atoms. The van der Waals surface area contributed by atoms with Crippen LogP contribution in [0.5, 0.6) is 0 Å². The standard InChI is InChI=1S/C12H9F2N5O.C11H17N3.CH3F/c13-10(14)12-17-16-11(20-12)9-3-1-8(2-4-9)7-19-6-5-15-18-19;1-10-3-4-12-11(9-10)14-7-5-13(2)6-8-14;1-2/h1-6,10H,7H2;3-4,9H,5-8H2,1-2H3;1H3. The minimum Gasteiger partial charge on any atom is -0.415 e. The van der Waals surface area contributed by atoms with Gasteiger partial charge in [-0.25, -0.2) is 9.67 Å². The molecule has 0 amide bonds. The van der Waals surface area contributed by atoms with Gasteiger partial charge in [0.15, 0.2) is 0 Å². The third-order valence-electron chi connectivity index (χ3n) is 5.37. The number of anilines is 1. The monoisotopic (exact) mass is 502 g/mol. The molecule has 1 aliphatic heterocycles. The summed E-state index contributed by atoms with van der Waals surface area (Å²) in [5.74, 6) is 0.525. The molecule has 0 radical (unpaired) electrons. The van der Waals surface area contributed by atoms with E-state index in [4.69, 9.17) is 4.42 Å². The third-order valence-corrected chi connectivity index (χ3v) is 5.37. The Morgan fingerprint density at radius 2 is 1.69 bits per heavy atom. The van der Waals surface area contributed by atoms with Crippen molar-refractivity contribution < 1.29 is 17.6 Å². The van der Waals surface area contributed by atoms with Crippen LogP contribution in [0.1, 0.15) is 23.4 Å². The van der Waals surface area contributed by atoms with Gasteiger partial charge in [-0.05, 0) is 49.4 Å². The molecule has 9 nitrogen and oxygen atoms in total. The van der Waals surface area contributed by atoms with Gasteiger partial charge in [-0.15, -0.1) is 15.3 Å². The Morgan fingerprint density at radius 3 is 2.28 bits per heavy atom. The van der Waals surface area contributed by atoms with Crippen LogP contribution in [0.4, 0.5) is 19.0 Å². The number of alkyl halides is 3. The molecular weight excluding hydrogens is 473 g/mol. The summed E-state index contributed by atoms with van der Waals surface area (Å²) in [4.78, 5) is 9.10. The second-order valence-electron chi connectivity index (χ2n) is 8.03. The molecule has 0 spiro atoms. The van der Waals surface area contributed by atoms with Crippen LogP contribution in [-0.2, 0) is 6.54 Å². The van der Waals surface area contributed by atoms with E-state index in [1.165, 1.54) is 5.56 Å². The topological polar surface area (TPSA) is 89.0 Å². The van der Waals surface area contributed by atoms with E-state index in [1.807, 2.05) is 24.4 Å². The van der Waals surface area contributed by atoms with E-state index >= 15 is 0 Å². The molecule has 5 rings (SSSR count). The van der Waals surface area contributed by atoms with E-state index in [1.54, 1.807) is 29.2 Å². The molecular formula is C24H29F3N8O. The zero-order valence-corrected chi connectivity index (χ0v) is 20.4. The third kappa shape index (κ3) is 7.60. The van der Waals surface area contributed by atoms with Gasteiger partial charge in [-0.1, -0.05) is 17.3 Å². The lowest BCUT2D eigenvalue weighted by molar-refractivity contribution is 0.116. The summed E-state index contributed by atoms with van der Waals surface area (Å²) in [5.41, 5.74) is 2.87. The maximum absolute atomic E-state index is 12.4. The molecule has 4 heterocycles. The van der Waals surface area contributed by atoms with Crippen LogP contribution in [0.25, 0.3) is 11.5 Å². The Kier molecular flexibility index (Phi) is 9.92. The van der Waals surface area contributed by atoms with Gasteiger partial charge in [0.1, 0.15) is 5.82 Å². The summed E-state index contributed by atoms with van der Waals surface area (Å²) < 4.78 is 40.8. The Balaban J connectivity index is 0.000000198. The average molecular weight is 503 g/mol. The van der Waals surface area contributed by atoms with E-state index in [2.05, 4.69) is 55.3 Å². The van der Waals surface area contributed by atoms with Gasteiger partial charge in [0.25, 0.3) is 5.89 Å². The van der Waals surface area contributed by atoms with Gasteiger partial charge in [0, 0.05) is 44.1 Å². The van der Waals surface area contributed by atoms with Crippen LogP contribution in [0.3, 0.4) is 0 Å². The fraction of sp³-hybridized carbons (Fsp3) is 0.375. The van der Waals surface area contributed by atoms with Gasteiger partial charge in [-0.3, -0.25) is 4.39 Å². The predicted octanol–water partition coefficient (Wildman–Crippen LogP) is 4.04. The van der Waals surface area contributed by atoms with Gasteiger partial charge >= 0.3 is 6.43 Å². The molecule has 36 heavy (non-hydrogen) atoms. The molecule has 0 atom stereocenters. The minimum atomic E-state index is -2.76. The normalized spacial score (nSPS) is 13.6. The average Bonchev–Trinajstić information content (AvgIpc) is 3.60. The van der Waals surface area contributed by atoms with Crippen molar-refractivity contribution in [3.63, 3.8) is 0 Å². The Labute approximate surface area is 207 Å². The largest absolute Gasteiger partial charge is 0.415 e. The zero-order valence-electron chi connectivity index (χ0n) is 20.4. The Hall–Kier alpha value is -3.80. The summed E-state index contributed by atoms with van der Waals surface area (Å²) in [7, 11) is 2.67. The summed E-state index contributed by atoms with van der Waals surface area (Å²) in [5, 5.41) is 14.4. The number of aromatic nitrogens is 6. The predicted molar refractivity (Wildman–Crippen MR) is 130 cm³/mol. The van der Waals surface area contributed by atoms with Crippen molar-refractivity contribution >= 4 is 5.82 Å². The highest BCUT2D eigenvalue weighted by molar-refractivity contribution is 5.53. The lowest BCUT2D eigenvalue weighted by Crippen LogP contribution is -2.44. The number of benzene rings is 1. The molecule has 1 aromatic carbocycles. The second-order valence-corrected chi connectivity index (χ2v) is 8.03. The first-order chi connectivity index (χ1) is 17.5. The quantitative estimate of drug-likeness (QED) is 0.404. The number of halogens is 3. The molecule has 1 aliphatic rings. The molecule has 1 saturated heterocycles. The van der Waals surface area contributed by atoms with Crippen molar-refractivity contribution in [1.82, 2.24) is 35.1 Å². The first-order valence-corrected chi connectivity index (χ1v) is 11.3. The van der Waals surface area contributed by atoms with Crippen LogP contribution in [0.15, 0.2) is 59.4 Å². The van der Waals surface area contributed by atoms with Gasteiger partial charge < -0.3 is 14.2 Å². The van der Waals surface area contributed by atoms with E-state index < -0.39 is 12.3 Å². The number of hydrogen-bond donors (Lipinski definition) is 0. The lowest BCUT2D eigenvalue weighted by Gasteiger charge is -2.33. The number of likely N-dealkylation sites (N-methyl/N-ethyl adjacent to an activating group) is 1. The smallest absolute Gasteiger partial charge is 0.314 e. The highest BCUT2D eigenvalue weighted by atomic mass is 19.3. The van der Waals surface area contributed by atoms with Crippen molar-refractivity contribution in [2.75, 3.05) is 45.3 Å². The van der Waals surface area contributed by atoms with E-state index in [-0.39, 0.29) is 5.89 Å². The van der Waals surface area contributed by atoms with Crippen molar-refractivity contribution in [2.45, 2.75) is 19.9 Å². The molecule has 1 fully saturated rings. The van der Waals surface area contributed by atoms with Crippen LogP contribution >= 0.6 is 0 Å². The minimum absolute atomic E-state index is 0.0765. The van der Waals surface area contributed by atoms with Gasteiger partial charge in [0.05, 0.1) is 19.9 Å². The lowest BCUT2D eigenvalue weighted by atomic mass is 10.1. The van der Waals surface area contributed by atoms with Gasteiger partial charge in [-0.2, -0.15) is 8.78 Å². The van der Waals surface area contributed by atoms with Crippen LogP contribution in [-0.4, -0.2) is 75.5 Å².